The lowest BCUT2D eigenvalue weighted by Crippen LogP contribution is -2.41. The monoisotopic (exact) mass is 226 g/mol. The zero-order valence-electron chi connectivity index (χ0n) is 11.9. The second-order valence-corrected chi connectivity index (χ2v) is 6.57. The molecular weight excluding hydrogens is 196 g/mol. The highest BCUT2D eigenvalue weighted by atomic mass is 15.2. The summed E-state index contributed by atoms with van der Waals surface area (Å²) in [5.41, 5.74) is 0.975. The zero-order chi connectivity index (χ0) is 12.2. The van der Waals surface area contributed by atoms with E-state index in [0.717, 1.165) is 13.1 Å². The van der Waals surface area contributed by atoms with Crippen molar-refractivity contribution in [3.05, 3.63) is 0 Å². The first-order valence-corrected chi connectivity index (χ1v) is 6.84. The molecule has 2 nitrogen and oxygen atoms in total. The van der Waals surface area contributed by atoms with Crippen LogP contribution in [0, 0.1) is 10.8 Å². The minimum absolute atomic E-state index is 0.441. The first kappa shape index (κ1) is 14.0. The molecule has 0 aliphatic carbocycles. The van der Waals surface area contributed by atoms with Crippen LogP contribution in [-0.2, 0) is 0 Å². The molecule has 1 N–H and O–H groups in total. The molecule has 0 aromatic carbocycles. The van der Waals surface area contributed by atoms with Gasteiger partial charge in [-0.3, -0.25) is 0 Å². The van der Waals surface area contributed by atoms with E-state index in [-0.39, 0.29) is 0 Å². The standard InChI is InChI=1S/C14H30N2/c1-6-14(5,10-15-7-2)12-16-9-8-13(3,4)11-16/h15H,6-12H2,1-5H3. The van der Waals surface area contributed by atoms with Crippen molar-refractivity contribution in [3.63, 3.8) is 0 Å². The Balaban J connectivity index is 2.44. The van der Waals surface area contributed by atoms with Gasteiger partial charge in [0.1, 0.15) is 0 Å². The molecule has 1 aliphatic rings. The molecule has 1 atom stereocenters. The van der Waals surface area contributed by atoms with Gasteiger partial charge in [0.05, 0.1) is 0 Å². The Labute approximate surface area is 102 Å². The smallest absolute Gasteiger partial charge is 0.00476 e. The normalized spacial score (nSPS) is 24.6. The number of hydrogen-bond donors (Lipinski definition) is 1. The number of rotatable bonds is 6. The molecule has 1 unspecified atom stereocenters. The van der Waals surface area contributed by atoms with Crippen molar-refractivity contribution in [1.29, 1.82) is 0 Å². The molecule has 0 spiro atoms. The topological polar surface area (TPSA) is 15.3 Å². The molecule has 1 rings (SSSR count). The van der Waals surface area contributed by atoms with Crippen LogP contribution < -0.4 is 5.32 Å². The Morgan fingerprint density at radius 1 is 1.31 bits per heavy atom. The van der Waals surface area contributed by atoms with Crippen LogP contribution in [0.25, 0.3) is 0 Å². The van der Waals surface area contributed by atoms with Gasteiger partial charge in [0.25, 0.3) is 0 Å². The molecule has 0 bridgehead atoms. The molecule has 96 valence electrons. The van der Waals surface area contributed by atoms with E-state index in [2.05, 4.69) is 44.8 Å². The molecule has 0 aromatic rings. The Morgan fingerprint density at radius 2 is 2.00 bits per heavy atom. The van der Waals surface area contributed by atoms with Gasteiger partial charge in [-0.05, 0) is 36.8 Å². The van der Waals surface area contributed by atoms with Gasteiger partial charge in [-0.15, -0.1) is 0 Å². The van der Waals surface area contributed by atoms with Crippen LogP contribution in [0.3, 0.4) is 0 Å². The maximum Gasteiger partial charge on any atom is 0.00476 e. The summed E-state index contributed by atoms with van der Waals surface area (Å²) in [6.45, 7) is 17.7. The van der Waals surface area contributed by atoms with Crippen LogP contribution in [0.1, 0.15) is 47.5 Å². The summed E-state index contributed by atoms with van der Waals surface area (Å²) in [5.74, 6) is 0. The predicted octanol–water partition coefficient (Wildman–Crippen LogP) is 2.74. The van der Waals surface area contributed by atoms with Gasteiger partial charge in [0.15, 0.2) is 0 Å². The SMILES string of the molecule is CCNCC(C)(CC)CN1CCC(C)(C)C1. The zero-order valence-corrected chi connectivity index (χ0v) is 11.9. The van der Waals surface area contributed by atoms with E-state index in [9.17, 15) is 0 Å². The Morgan fingerprint density at radius 3 is 2.44 bits per heavy atom. The van der Waals surface area contributed by atoms with E-state index in [4.69, 9.17) is 0 Å². The van der Waals surface area contributed by atoms with Gasteiger partial charge in [0.2, 0.25) is 0 Å². The summed E-state index contributed by atoms with van der Waals surface area (Å²) < 4.78 is 0. The van der Waals surface area contributed by atoms with Gasteiger partial charge in [-0.2, -0.15) is 0 Å². The molecule has 0 amide bonds. The molecule has 0 radical (unpaired) electrons. The Kier molecular flexibility index (Phi) is 4.81. The highest BCUT2D eigenvalue weighted by Gasteiger charge is 2.33. The second-order valence-electron chi connectivity index (χ2n) is 6.57. The van der Waals surface area contributed by atoms with Crippen LogP contribution in [0.2, 0.25) is 0 Å². The van der Waals surface area contributed by atoms with Crippen molar-refractivity contribution < 1.29 is 0 Å². The van der Waals surface area contributed by atoms with Crippen molar-refractivity contribution in [2.45, 2.75) is 47.5 Å². The summed E-state index contributed by atoms with van der Waals surface area (Å²) in [4.78, 5) is 2.65. The van der Waals surface area contributed by atoms with Crippen LogP contribution in [0.5, 0.6) is 0 Å². The predicted molar refractivity (Wildman–Crippen MR) is 71.8 cm³/mol. The third-order valence-corrected chi connectivity index (χ3v) is 4.02. The summed E-state index contributed by atoms with van der Waals surface area (Å²) in [7, 11) is 0. The number of likely N-dealkylation sites (tertiary alicyclic amines) is 1. The average Bonchev–Trinajstić information content (AvgIpc) is 2.55. The lowest BCUT2D eigenvalue weighted by atomic mass is 9.86. The molecule has 16 heavy (non-hydrogen) atoms. The summed E-state index contributed by atoms with van der Waals surface area (Å²) in [6.07, 6.45) is 2.62. The minimum atomic E-state index is 0.441. The lowest BCUT2D eigenvalue weighted by Gasteiger charge is -2.33. The van der Waals surface area contributed by atoms with Crippen molar-refractivity contribution in [2.75, 3.05) is 32.7 Å². The fraction of sp³-hybridized carbons (Fsp3) is 1.00. The highest BCUT2D eigenvalue weighted by Crippen LogP contribution is 2.32. The van der Waals surface area contributed by atoms with Gasteiger partial charge < -0.3 is 10.2 Å². The fourth-order valence-corrected chi connectivity index (χ4v) is 2.62. The highest BCUT2D eigenvalue weighted by molar-refractivity contribution is 4.87. The largest absolute Gasteiger partial charge is 0.316 e. The van der Waals surface area contributed by atoms with E-state index >= 15 is 0 Å². The van der Waals surface area contributed by atoms with E-state index in [1.165, 1.54) is 32.5 Å². The van der Waals surface area contributed by atoms with E-state index in [1.807, 2.05) is 0 Å². The van der Waals surface area contributed by atoms with Gasteiger partial charge in [-0.1, -0.05) is 34.6 Å². The van der Waals surface area contributed by atoms with E-state index in [1.54, 1.807) is 0 Å². The molecule has 1 heterocycles. The molecule has 0 saturated carbocycles. The first-order chi connectivity index (χ1) is 7.41. The quantitative estimate of drug-likeness (QED) is 0.749. The fourth-order valence-electron chi connectivity index (χ4n) is 2.62. The molecular formula is C14H30N2. The Hall–Kier alpha value is -0.0800. The minimum Gasteiger partial charge on any atom is -0.316 e. The van der Waals surface area contributed by atoms with E-state index in [0.29, 0.717) is 10.8 Å². The molecule has 2 heteroatoms. The third kappa shape index (κ3) is 4.06. The first-order valence-electron chi connectivity index (χ1n) is 6.84. The Bertz CT molecular complexity index is 213. The summed E-state index contributed by atoms with van der Waals surface area (Å²) >= 11 is 0. The summed E-state index contributed by atoms with van der Waals surface area (Å²) in [6, 6.07) is 0. The lowest BCUT2D eigenvalue weighted by molar-refractivity contribution is 0.169. The van der Waals surface area contributed by atoms with Crippen molar-refractivity contribution >= 4 is 0 Å². The van der Waals surface area contributed by atoms with Gasteiger partial charge in [0, 0.05) is 19.6 Å². The number of hydrogen-bond acceptors (Lipinski definition) is 2. The summed E-state index contributed by atoms with van der Waals surface area (Å²) in [5, 5.41) is 3.51. The second kappa shape index (κ2) is 5.50. The van der Waals surface area contributed by atoms with Crippen molar-refractivity contribution in [2.24, 2.45) is 10.8 Å². The van der Waals surface area contributed by atoms with Crippen molar-refractivity contribution in [3.8, 4) is 0 Å². The third-order valence-electron chi connectivity index (χ3n) is 4.02. The van der Waals surface area contributed by atoms with Crippen LogP contribution in [-0.4, -0.2) is 37.6 Å². The van der Waals surface area contributed by atoms with Crippen LogP contribution >= 0.6 is 0 Å². The van der Waals surface area contributed by atoms with Gasteiger partial charge in [-0.25, -0.2) is 0 Å². The van der Waals surface area contributed by atoms with E-state index < -0.39 is 0 Å². The maximum absolute atomic E-state index is 3.51. The average molecular weight is 226 g/mol. The van der Waals surface area contributed by atoms with Gasteiger partial charge >= 0.3 is 0 Å². The molecule has 1 saturated heterocycles. The molecule has 1 fully saturated rings. The molecule has 0 aromatic heterocycles. The number of nitrogens with one attached hydrogen (secondary N) is 1. The van der Waals surface area contributed by atoms with Crippen LogP contribution in [0.15, 0.2) is 0 Å². The van der Waals surface area contributed by atoms with Crippen LogP contribution in [0.4, 0.5) is 0 Å². The van der Waals surface area contributed by atoms with Crippen molar-refractivity contribution in [1.82, 2.24) is 10.2 Å². The molecule has 1 aliphatic heterocycles. The number of nitrogens with zero attached hydrogens (tertiary/aromatic N) is 1. The maximum atomic E-state index is 3.51.